The molecule has 2 aromatic heterocycles. The van der Waals surface area contributed by atoms with E-state index in [9.17, 15) is 22.7 Å². The number of ether oxygens (including phenoxy) is 1. The van der Waals surface area contributed by atoms with Crippen molar-refractivity contribution in [2.75, 3.05) is 6.61 Å². The zero-order valence-electron chi connectivity index (χ0n) is 12.7. The summed E-state index contributed by atoms with van der Waals surface area (Å²) < 4.78 is 55.9. The van der Waals surface area contributed by atoms with Crippen molar-refractivity contribution in [1.29, 1.82) is 0 Å². The van der Waals surface area contributed by atoms with Crippen LogP contribution in [0.1, 0.15) is 12.0 Å². The maximum atomic E-state index is 14.3. The summed E-state index contributed by atoms with van der Waals surface area (Å²) in [6.07, 6.45) is -1.94. The summed E-state index contributed by atoms with van der Waals surface area (Å²) in [4.78, 5) is 6.88. The Hall–Kier alpha value is -2.22. The van der Waals surface area contributed by atoms with E-state index in [1.54, 1.807) is 6.20 Å². The second kappa shape index (κ2) is 6.59. The summed E-state index contributed by atoms with van der Waals surface area (Å²) in [5, 5.41) is 9.97. The first-order valence-corrected chi connectivity index (χ1v) is 7.70. The van der Waals surface area contributed by atoms with E-state index in [1.165, 1.54) is 18.3 Å². The molecule has 9 heteroatoms. The summed E-state index contributed by atoms with van der Waals surface area (Å²) in [6.45, 7) is -1.50. The normalized spacial score (nSPS) is 18.6. The van der Waals surface area contributed by atoms with Gasteiger partial charge in [0.05, 0.1) is 11.2 Å². The molecule has 1 unspecified atom stereocenters. The number of pyridine rings is 1. The molecule has 0 aliphatic heterocycles. The van der Waals surface area contributed by atoms with Crippen LogP contribution in [0.4, 0.5) is 17.6 Å². The van der Waals surface area contributed by atoms with E-state index in [0.717, 1.165) is 0 Å². The van der Waals surface area contributed by atoms with Gasteiger partial charge in [0.15, 0.2) is 6.61 Å². The largest absolute Gasteiger partial charge is 0.506 e. The number of nitrogens with one attached hydrogen (secondary N) is 1. The van der Waals surface area contributed by atoms with Gasteiger partial charge in [-0.1, -0.05) is 11.6 Å². The van der Waals surface area contributed by atoms with Crippen LogP contribution in [0.3, 0.4) is 0 Å². The standard InChI is InChI=1S/C16H13ClF4N2O2/c17-14-11(12(18)1-2-13(14)25-7-16(19,20)21)3-8-5-22-15-10(8)4-9(24)6-23-15/h2,4-6,12,24H,1,3,7H2,(H,22,23). The maximum absolute atomic E-state index is 14.3. The Morgan fingerprint density at radius 3 is 2.88 bits per heavy atom. The molecule has 4 nitrogen and oxygen atoms in total. The molecule has 1 aliphatic carbocycles. The number of hydrogen-bond acceptors (Lipinski definition) is 3. The topological polar surface area (TPSA) is 58.1 Å². The predicted octanol–water partition coefficient (Wildman–Crippen LogP) is 4.51. The number of halogens is 5. The van der Waals surface area contributed by atoms with E-state index in [2.05, 4.69) is 14.7 Å². The van der Waals surface area contributed by atoms with Crippen LogP contribution in [0, 0.1) is 0 Å². The van der Waals surface area contributed by atoms with Gasteiger partial charge in [0.25, 0.3) is 0 Å². The van der Waals surface area contributed by atoms with Crippen molar-refractivity contribution in [2.45, 2.75) is 25.2 Å². The molecular formula is C16H13ClF4N2O2. The average molecular weight is 377 g/mol. The SMILES string of the molecule is Oc1cnc2[nH]cc(CC3=C(Cl)C(OCC(F)(F)F)=CCC3F)c2c1. The summed E-state index contributed by atoms with van der Waals surface area (Å²) in [5.74, 6) is -0.230. The molecule has 0 bridgehead atoms. The molecular weight excluding hydrogens is 364 g/mol. The van der Waals surface area contributed by atoms with Gasteiger partial charge in [-0.3, -0.25) is 0 Å². The summed E-state index contributed by atoms with van der Waals surface area (Å²) in [6, 6.07) is 1.47. The Bertz CT molecular complexity index is 857. The monoisotopic (exact) mass is 376 g/mol. The smallest absolute Gasteiger partial charge is 0.422 e. The van der Waals surface area contributed by atoms with Gasteiger partial charge in [0.1, 0.15) is 23.3 Å². The summed E-state index contributed by atoms with van der Waals surface area (Å²) in [5.41, 5.74) is 1.25. The van der Waals surface area contributed by atoms with Gasteiger partial charge in [-0.15, -0.1) is 0 Å². The zero-order valence-corrected chi connectivity index (χ0v) is 13.5. The number of hydrogen-bond donors (Lipinski definition) is 2. The van der Waals surface area contributed by atoms with Gasteiger partial charge < -0.3 is 14.8 Å². The number of aromatic nitrogens is 2. The van der Waals surface area contributed by atoms with Gasteiger partial charge in [0, 0.05) is 24.4 Å². The lowest BCUT2D eigenvalue weighted by molar-refractivity contribution is -0.164. The summed E-state index contributed by atoms with van der Waals surface area (Å²) >= 11 is 6.08. The van der Waals surface area contributed by atoms with E-state index in [4.69, 9.17) is 11.6 Å². The number of allylic oxidation sites excluding steroid dienone is 3. The van der Waals surface area contributed by atoms with Crippen LogP contribution in [0.25, 0.3) is 11.0 Å². The van der Waals surface area contributed by atoms with Crippen molar-refractivity contribution < 1.29 is 27.4 Å². The van der Waals surface area contributed by atoms with Crippen LogP contribution in [0.2, 0.25) is 0 Å². The molecule has 25 heavy (non-hydrogen) atoms. The number of aromatic hydroxyl groups is 1. The lowest BCUT2D eigenvalue weighted by Crippen LogP contribution is -2.20. The summed E-state index contributed by atoms with van der Waals surface area (Å²) in [7, 11) is 0. The molecule has 2 aromatic rings. The van der Waals surface area contributed by atoms with E-state index < -0.39 is 19.0 Å². The molecule has 3 rings (SSSR count). The van der Waals surface area contributed by atoms with E-state index in [-0.39, 0.29) is 35.0 Å². The fraction of sp³-hybridized carbons (Fsp3) is 0.312. The minimum Gasteiger partial charge on any atom is -0.506 e. The Morgan fingerprint density at radius 2 is 2.16 bits per heavy atom. The molecule has 134 valence electrons. The second-order valence-electron chi connectivity index (χ2n) is 5.60. The molecule has 0 spiro atoms. The van der Waals surface area contributed by atoms with Crippen molar-refractivity contribution in [2.24, 2.45) is 0 Å². The lowest BCUT2D eigenvalue weighted by atomic mass is 9.95. The zero-order chi connectivity index (χ0) is 18.2. The molecule has 1 aliphatic rings. The number of aromatic amines is 1. The second-order valence-corrected chi connectivity index (χ2v) is 5.97. The predicted molar refractivity (Wildman–Crippen MR) is 83.9 cm³/mol. The van der Waals surface area contributed by atoms with Crippen molar-refractivity contribution >= 4 is 22.6 Å². The molecule has 0 amide bonds. The minimum atomic E-state index is -4.51. The van der Waals surface area contributed by atoms with E-state index in [1.807, 2.05) is 0 Å². The number of nitrogens with zero attached hydrogens (tertiary/aromatic N) is 1. The van der Waals surface area contributed by atoms with Crippen LogP contribution < -0.4 is 0 Å². The first-order chi connectivity index (χ1) is 11.7. The van der Waals surface area contributed by atoms with Crippen molar-refractivity contribution in [3.8, 4) is 5.75 Å². The van der Waals surface area contributed by atoms with Crippen molar-refractivity contribution in [3.05, 3.63) is 46.5 Å². The third-order valence-corrected chi connectivity index (χ3v) is 4.19. The first-order valence-electron chi connectivity index (χ1n) is 7.32. The van der Waals surface area contributed by atoms with Gasteiger partial charge in [-0.05, 0) is 23.3 Å². The maximum Gasteiger partial charge on any atom is 0.422 e. The number of H-pyrrole nitrogens is 1. The molecule has 1 atom stereocenters. The lowest BCUT2D eigenvalue weighted by Gasteiger charge is -2.22. The fourth-order valence-electron chi connectivity index (χ4n) is 2.61. The van der Waals surface area contributed by atoms with Crippen LogP contribution in [0.15, 0.2) is 40.9 Å². The van der Waals surface area contributed by atoms with Gasteiger partial charge in [-0.25, -0.2) is 9.37 Å². The Balaban J connectivity index is 1.88. The van der Waals surface area contributed by atoms with Crippen LogP contribution >= 0.6 is 11.6 Å². The molecule has 0 aromatic carbocycles. The molecule has 0 saturated heterocycles. The Labute approximate surface area is 144 Å². The third-order valence-electron chi connectivity index (χ3n) is 3.76. The van der Waals surface area contributed by atoms with Crippen molar-refractivity contribution in [3.63, 3.8) is 0 Å². The number of fused-ring (bicyclic) bond motifs is 1. The van der Waals surface area contributed by atoms with Gasteiger partial charge in [-0.2, -0.15) is 13.2 Å². The van der Waals surface area contributed by atoms with Crippen LogP contribution in [-0.4, -0.2) is 34.0 Å². The highest BCUT2D eigenvalue weighted by atomic mass is 35.5. The van der Waals surface area contributed by atoms with Gasteiger partial charge in [0.2, 0.25) is 0 Å². The third kappa shape index (κ3) is 3.89. The highest BCUT2D eigenvalue weighted by Gasteiger charge is 2.31. The molecule has 2 N–H and O–H groups in total. The quantitative estimate of drug-likeness (QED) is 0.772. The van der Waals surface area contributed by atoms with Crippen LogP contribution in [0.5, 0.6) is 5.75 Å². The van der Waals surface area contributed by atoms with Crippen molar-refractivity contribution in [1.82, 2.24) is 9.97 Å². The number of rotatable bonds is 4. The molecule has 2 heterocycles. The first kappa shape index (κ1) is 17.6. The van der Waals surface area contributed by atoms with E-state index in [0.29, 0.717) is 16.6 Å². The molecule has 0 saturated carbocycles. The van der Waals surface area contributed by atoms with Gasteiger partial charge >= 0.3 is 6.18 Å². The number of alkyl halides is 4. The fourth-order valence-corrected chi connectivity index (χ4v) is 2.92. The molecule has 0 fully saturated rings. The Kier molecular flexibility index (Phi) is 4.64. The van der Waals surface area contributed by atoms with Crippen LogP contribution in [-0.2, 0) is 11.2 Å². The minimum absolute atomic E-state index is 0.0528. The average Bonchev–Trinajstić information content (AvgIpc) is 2.92. The highest BCUT2D eigenvalue weighted by Crippen LogP contribution is 2.35. The van der Waals surface area contributed by atoms with E-state index >= 15 is 0 Å². The Morgan fingerprint density at radius 1 is 1.40 bits per heavy atom. The molecule has 0 radical (unpaired) electrons. The highest BCUT2D eigenvalue weighted by molar-refractivity contribution is 6.32.